The number of carbonyl (C=O) groups is 1. The van der Waals surface area contributed by atoms with Crippen LogP contribution < -0.4 is 20.1 Å². The molecule has 0 aliphatic carbocycles. The molecule has 1 aromatic carbocycles. The zero-order chi connectivity index (χ0) is 18.0. The molecule has 7 heteroatoms. The summed E-state index contributed by atoms with van der Waals surface area (Å²) in [5, 5.41) is 8.60. The molecule has 0 fully saturated rings. The number of fused-ring (bicyclic) bond motifs is 1. The van der Waals surface area contributed by atoms with Crippen molar-refractivity contribution in [3.63, 3.8) is 0 Å². The number of aromatic nitrogens is 1. The van der Waals surface area contributed by atoms with E-state index in [0.717, 1.165) is 23.2 Å². The molecule has 1 aliphatic heterocycles. The molecule has 132 valence electrons. The molecule has 2 N–H and O–H groups in total. The zero-order valence-electron chi connectivity index (χ0n) is 14.7. The fourth-order valence-electron chi connectivity index (χ4n) is 2.94. The molecule has 0 bridgehead atoms. The maximum Gasteiger partial charge on any atom is 0.252 e. The van der Waals surface area contributed by atoms with E-state index in [1.165, 1.54) is 11.3 Å². The summed E-state index contributed by atoms with van der Waals surface area (Å²) in [5.41, 5.74) is 2.61. The number of rotatable bonds is 4. The molecule has 0 unspecified atom stereocenters. The smallest absolute Gasteiger partial charge is 0.252 e. The van der Waals surface area contributed by atoms with Crippen LogP contribution in [0.25, 0.3) is 5.70 Å². The molecule has 2 heterocycles. The first-order valence-electron chi connectivity index (χ1n) is 7.87. The molecule has 3 rings (SSSR count). The molecular weight excluding hydrogens is 338 g/mol. The maximum absolute atomic E-state index is 12.4. The van der Waals surface area contributed by atoms with Gasteiger partial charge in [-0.15, -0.1) is 11.3 Å². The van der Waals surface area contributed by atoms with Gasteiger partial charge >= 0.3 is 0 Å². The van der Waals surface area contributed by atoms with Gasteiger partial charge in [0.25, 0.3) is 5.91 Å². The minimum atomic E-state index is -0.226. The van der Waals surface area contributed by atoms with Gasteiger partial charge in [-0.05, 0) is 38.0 Å². The zero-order valence-corrected chi connectivity index (χ0v) is 15.5. The summed E-state index contributed by atoms with van der Waals surface area (Å²) in [6, 6.07) is 3.88. The Morgan fingerprint density at radius 3 is 2.68 bits per heavy atom. The fourth-order valence-corrected chi connectivity index (χ4v) is 3.47. The van der Waals surface area contributed by atoms with Crippen LogP contribution in [-0.2, 0) is 11.2 Å². The Kier molecular flexibility index (Phi) is 4.67. The molecule has 1 aromatic heterocycles. The number of anilines is 1. The van der Waals surface area contributed by atoms with Gasteiger partial charge in [0.2, 0.25) is 0 Å². The Bertz CT molecular complexity index is 813. The molecule has 1 aliphatic rings. The first-order chi connectivity index (χ1) is 11.9. The lowest BCUT2D eigenvalue weighted by molar-refractivity contribution is -0.111. The average molecular weight is 359 g/mol. The van der Waals surface area contributed by atoms with Crippen molar-refractivity contribution in [3.05, 3.63) is 40.9 Å². The fraction of sp³-hybridized carbons (Fsp3) is 0.333. The third kappa shape index (κ3) is 3.76. The number of benzene rings is 1. The number of ether oxygens (including phenoxy) is 2. The van der Waals surface area contributed by atoms with Gasteiger partial charge in [-0.2, -0.15) is 0 Å². The molecule has 0 saturated heterocycles. The van der Waals surface area contributed by atoms with E-state index >= 15 is 0 Å². The van der Waals surface area contributed by atoms with E-state index in [0.29, 0.717) is 16.6 Å². The van der Waals surface area contributed by atoms with Crippen molar-refractivity contribution in [2.24, 2.45) is 0 Å². The van der Waals surface area contributed by atoms with E-state index in [9.17, 15) is 4.79 Å². The Labute approximate surface area is 150 Å². The van der Waals surface area contributed by atoms with E-state index < -0.39 is 0 Å². The van der Waals surface area contributed by atoms with Crippen molar-refractivity contribution in [1.29, 1.82) is 0 Å². The highest BCUT2D eigenvalue weighted by molar-refractivity contribution is 7.13. The molecule has 0 atom stereocenters. The highest BCUT2D eigenvalue weighted by Gasteiger charge is 2.29. The van der Waals surface area contributed by atoms with Gasteiger partial charge in [-0.25, -0.2) is 4.98 Å². The summed E-state index contributed by atoms with van der Waals surface area (Å²) in [6.07, 6.45) is 4.03. The van der Waals surface area contributed by atoms with Crippen LogP contribution in [0.1, 0.15) is 25.0 Å². The maximum atomic E-state index is 12.4. The monoisotopic (exact) mass is 359 g/mol. The summed E-state index contributed by atoms with van der Waals surface area (Å²) >= 11 is 1.38. The lowest BCUT2D eigenvalue weighted by Gasteiger charge is -2.36. The number of carbonyl (C=O) groups excluding carboxylic acids is 1. The summed E-state index contributed by atoms with van der Waals surface area (Å²) in [6.45, 7) is 4.19. The number of methoxy groups -OCH3 is 2. The highest BCUT2D eigenvalue weighted by Crippen LogP contribution is 2.37. The van der Waals surface area contributed by atoms with E-state index in [2.05, 4.69) is 29.5 Å². The summed E-state index contributed by atoms with van der Waals surface area (Å²) in [5.74, 6) is 1.09. The van der Waals surface area contributed by atoms with Crippen molar-refractivity contribution >= 4 is 28.1 Å². The number of nitrogens with one attached hydrogen (secondary N) is 2. The first-order valence-corrected chi connectivity index (χ1v) is 8.75. The molecule has 2 aromatic rings. The average Bonchev–Trinajstić information content (AvgIpc) is 3.05. The van der Waals surface area contributed by atoms with Crippen LogP contribution >= 0.6 is 11.3 Å². The quantitative estimate of drug-likeness (QED) is 0.821. The van der Waals surface area contributed by atoms with E-state index in [-0.39, 0.29) is 11.4 Å². The minimum absolute atomic E-state index is 0.181. The van der Waals surface area contributed by atoms with Gasteiger partial charge in [0.15, 0.2) is 16.6 Å². The van der Waals surface area contributed by atoms with Crippen LogP contribution in [0, 0.1) is 0 Å². The third-order valence-corrected chi connectivity index (χ3v) is 4.63. The topological polar surface area (TPSA) is 72.5 Å². The predicted molar refractivity (Wildman–Crippen MR) is 99.2 cm³/mol. The van der Waals surface area contributed by atoms with E-state index in [4.69, 9.17) is 9.47 Å². The summed E-state index contributed by atoms with van der Waals surface area (Å²) in [4.78, 5) is 16.4. The molecule has 1 amide bonds. The summed E-state index contributed by atoms with van der Waals surface area (Å²) in [7, 11) is 3.22. The van der Waals surface area contributed by atoms with Crippen LogP contribution in [0.2, 0.25) is 0 Å². The second-order valence-electron chi connectivity index (χ2n) is 6.43. The number of nitrogens with zero attached hydrogens (tertiary/aromatic N) is 1. The summed E-state index contributed by atoms with van der Waals surface area (Å²) < 4.78 is 10.8. The molecule has 0 radical (unpaired) electrons. The van der Waals surface area contributed by atoms with Gasteiger partial charge < -0.3 is 14.8 Å². The van der Waals surface area contributed by atoms with E-state index in [1.807, 2.05) is 17.5 Å². The van der Waals surface area contributed by atoms with Gasteiger partial charge in [0, 0.05) is 34.5 Å². The largest absolute Gasteiger partial charge is 0.493 e. The van der Waals surface area contributed by atoms with Gasteiger partial charge in [0.05, 0.1) is 14.2 Å². The van der Waals surface area contributed by atoms with Gasteiger partial charge in [-0.1, -0.05) is 0 Å². The molecule has 25 heavy (non-hydrogen) atoms. The second-order valence-corrected chi connectivity index (χ2v) is 7.33. The highest BCUT2D eigenvalue weighted by atomic mass is 32.1. The van der Waals surface area contributed by atoms with Crippen LogP contribution in [0.3, 0.4) is 0 Å². The number of hydrogen-bond donors (Lipinski definition) is 2. The van der Waals surface area contributed by atoms with Crippen LogP contribution in [0.15, 0.2) is 29.8 Å². The SMILES string of the molecule is COc1cc2c(cc1OC)/C(=C/C(=O)Nc1nccs1)NC(C)(C)C2. The lowest BCUT2D eigenvalue weighted by Crippen LogP contribution is -2.44. The Morgan fingerprint density at radius 2 is 2.04 bits per heavy atom. The Hall–Kier alpha value is -2.54. The first kappa shape index (κ1) is 17.3. The minimum Gasteiger partial charge on any atom is -0.493 e. The van der Waals surface area contributed by atoms with Crippen LogP contribution in [-0.4, -0.2) is 30.6 Å². The van der Waals surface area contributed by atoms with Crippen LogP contribution in [0.4, 0.5) is 5.13 Å². The Morgan fingerprint density at radius 1 is 1.32 bits per heavy atom. The van der Waals surface area contributed by atoms with Crippen molar-refractivity contribution in [2.75, 3.05) is 19.5 Å². The van der Waals surface area contributed by atoms with E-state index in [1.54, 1.807) is 26.5 Å². The number of amides is 1. The predicted octanol–water partition coefficient (Wildman–Crippen LogP) is 3.06. The van der Waals surface area contributed by atoms with Crippen LogP contribution in [0.5, 0.6) is 11.5 Å². The second kappa shape index (κ2) is 6.76. The molecule has 0 saturated carbocycles. The van der Waals surface area contributed by atoms with Gasteiger partial charge in [-0.3, -0.25) is 10.1 Å². The standard InChI is InChI=1S/C18H21N3O3S/c1-18(2)10-11-7-14(23-3)15(24-4)8-12(11)13(21-18)9-16(22)20-17-19-5-6-25-17/h5-9,21H,10H2,1-4H3,(H,19,20,22)/b13-9-. The normalized spacial score (nSPS) is 16.7. The van der Waals surface area contributed by atoms with Crippen molar-refractivity contribution in [2.45, 2.75) is 25.8 Å². The lowest BCUT2D eigenvalue weighted by atomic mass is 9.85. The Balaban J connectivity index is 1.99. The van der Waals surface area contributed by atoms with Crippen molar-refractivity contribution in [3.8, 4) is 11.5 Å². The molecule has 0 spiro atoms. The third-order valence-electron chi connectivity index (χ3n) is 3.94. The molecule has 6 nitrogen and oxygen atoms in total. The van der Waals surface area contributed by atoms with Gasteiger partial charge in [0.1, 0.15) is 0 Å². The number of thiazole rings is 1. The number of hydrogen-bond acceptors (Lipinski definition) is 6. The van der Waals surface area contributed by atoms with Crippen molar-refractivity contribution in [1.82, 2.24) is 10.3 Å². The van der Waals surface area contributed by atoms with Crippen molar-refractivity contribution < 1.29 is 14.3 Å². The molecular formula is C18H21N3O3S.